The first-order valence-electron chi connectivity index (χ1n) is 6.82. The first-order valence-corrected chi connectivity index (χ1v) is 8.43. The van der Waals surface area contributed by atoms with Crippen LogP contribution >= 0.6 is 0 Å². The summed E-state index contributed by atoms with van der Waals surface area (Å²) in [6.07, 6.45) is 0.501. The number of carboxylic acid groups (broad SMARTS) is 1. The zero-order valence-electron chi connectivity index (χ0n) is 12.0. The van der Waals surface area contributed by atoms with Crippen LogP contribution in [0, 0.1) is 0 Å². The minimum atomic E-state index is -3.49. The number of rotatable bonds is 8. The minimum absolute atomic E-state index is 0.161. The summed E-state index contributed by atoms with van der Waals surface area (Å²) in [7, 11) is -3.49. The zero-order valence-corrected chi connectivity index (χ0v) is 12.8. The first kappa shape index (κ1) is 17.9. The molecule has 0 aromatic rings. The number of hydrogen-bond donors (Lipinski definition) is 1. The molecular formula is C12H21NO7S. The van der Waals surface area contributed by atoms with Crippen molar-refractivity contribution in [2.24, 2.45) is 0 Å². The highest BCUT2D eigenvalue weighted by Gasteiger charge is 2.29. The lowest BCUT2D eigenvalue weighted by Crippen LogP contribution is -2.42. The fourth-order valence-corrected chi connectivity index (χ4v) is 3.49. The van der Waals surface area contributed by atoms with Crippen molar-refractivity contribution in [1.82, 2.24) is 4.31 Å². The van der Waals surface area contributed by atoms with Gasteiger partial charge >= 0.3 is 11.9 Å². The van der Waals surface area contributed by atoms with Gasteiger partial charge in [-0.15, -0.1) is 0 Å². The van der Waals surface area contributed by atoms with Crippen molar-refractivity contribution in [2.45, 2.75) is 32.3 Å². The lowest BCUT2D eigenvalue weighted by molar-refractivity contribution is -0.145. The van der Waals surface area contributed by atoms with E-state index in [1.807, 2.05) is 0 Å². The summed E-state index contributed by atoms with van der Waals surface area (Å²) in [5.74, 6) is -1.84. The second-order valence-electron chi connectivity index (χ2n) is 4.67. The normalized spacial score (nSPS) is 17.6. The molecule has 1 fully saturated rings. The highest BCUT2D eigenvalue weighted by Crippen LogP contribution is 2.17. The van der Waals surface area contributed by atoms with E-state index in [2.05, 4.69) is 0 Å². The van der Waals surface area contributed by atoms with Gasteiger partial charge in [0.15, 0.2) is 0 Å². The quantitative estimate of drug-likeness (QED) is 0.618. The van der Waals surface area contributed by atoms with Crippen LogP contribution in [0.3, 0.4) is 0 Å². The molecule has 0 radical (unpaired) electrons. The number of piperidine rings is 1. The second kappa shape index (κ2) is 8.30. The maximum absolute atomic E-state index is 12.1. The number of esters is 1. The number of carbonyl (C=O) groups is 2. The van der Waals surface area contributed by atoms with Crippen molar-refractivity contribution in [1.29, 1.82) is 0 Å². The summed E-state index contributed by atoms with van der Waals surface area (Å²) in [6.45, 7) is 2.06. The first-order chi connectivity index (χ1) is 9.85. The van der Waals surface area contributed by atoms with Crippen molar-refractivity contribution >= 4 is 22.0 Å². The zero-order chi connectivity index (χ0) is 15.9. The minimum Gasteiger partial charge on any atom is -0.480 e. The standard InChI is InChI=1S/C12H21NO7S/c1-2-19-12(16)5-8-21(17,18)13-6-3-10(4-7-13)20-9-11(14)15/h10H,2-9H2,1H3,(H,14,15). The molecule has 0 amide bonds. The van der Waals surface area contributed by atoms with E-state index in [4.69, 9.17) is 14.6 Å². The van der Waals surface area contributed by atoms with Crippen molar-refractivity contribution < 1.29 is 32.6 Å². The number of aliphatic carboxylic acids is 1. The van der Waals surface area contributed by atoms with Crippen LogP contribution in [0.15, 0.2) is 0 Å². The molecule has 0 aromatic carbocycles. The number of sulfonamides is 1. The molecule has 0 unspecified atom stereocenters. The Morgan fingerprint density at radius 1 is 1.29 bits per heavy atom. The second-order valence-corrected chi connectivity index (χ2v) is 6.76. The number of nitrogens with zero attached hydrogens (tertiary/aromatic N) is 1. The van der Waals surface area contributed by atoms with E-state index in [1.54, 1.807) is 6.92 Å². The average molecular weight is 323 g/mol. The molecule has 1 rings (SSSR count). The van der Waals surface area contributed by atoms with E-state index < -0.39 is 22.0 Å². The monoisotopic (exact) mass is 323 g/mol. The van der Waals surface area contributed by atoms with Crippen molar-refractivity contribution in [3.05, 3.63) is 0 Å². The van der Waals surface area contributed by atoms with Gasteiger partial charge in [0, 0.05) is 13.1 Å². The van der Waals surface area contributed by atoms with Gasteiger partial charge in [-0.05, 0) is 19.8 Å². The van der Waals surface area contributed by atoms with Gasteiger partial charge in [0.25, 0.3) is 0 Å². The summed E-state index contributed by atoms with van der Waals surface area (Å²) < 4.78 is 35.3. The van der Waals surface area contributed by atoms with Crippen molar-refractivity contribution in [3.63, 3.8) is 0 Å². The van der Waals surface area contributed by atoms with Crippen LogP contribution in [0.25, 0.3) is 0 Å². The largest absolute Gasteiger partial charge is 0.480 e. The molecule has 0 bridgehead atoms. The Morgan fingerprint density at radius 2 is 1.90 bits per heavy atom. The predicted molar refractivity (Wildman–Crippen MR) is 73.2 cm³/mol. The summed E-state index contributed by atoms with van der Waals surface area (Å²) >= 11 is 0. The third-order valence-electron chi connectivity index (χ3n) is 3.11. The van der Waals surface area contributed by atoms with E-state index in [0.29, 0.717) is 12.8 Å². The third-order valence-corrected chi connectivity index (χ3v) is 4.98. The predicted octanol–water partition coefficient (Wildman–Crippen LogP) is -0.165. The van der Waals surface area contributed by atoms with Crippen LogP contribution in [0.5, 0.6) is 0 Å². The van der Waals surface area contributed by atoms with E-state index in [-0.39, 0.29) is 44.6 Å². The maximum atomic E-state index is 12.1. The van der Waals surface area contributed by atoms with Crippen LogP contribution in [0.4, 0.5) is 0 Å². The molecule has 9 heteroatoms. The molecule has 0 aliphatic carbocycles. The molecule has 0 saturated carbocycles. The maximum Gasteiger partial charge on any atom is 0.329 e. The van der Waals surface area contributed by atoms with Gasteiger partial charge in [-0.1, -0.05) is 0 Å². The van der Waals surface area contributed by atoms with E-state index >= 15 is 0 Å². The van der Waals surface area contributed by atoms with Gasteiger partial charge in [0.1, 0.15) is 6.61 Å². The van der Waals surface area contributed by atoms with Crippen molar-refractivity contribution in [3.8, 4) is 0 Å². The van der Waals surface area contributed by atoms with Crippen molar-refractivity contribution in [2.75, 3.05) is 32.1 Å². The third kappa shape index (κ3) is 6.40. The SMILES string of the molecule is CCOC(=O)CCS(=O)(=O)N1CCC(OCC(=O)O)CC1. The summed E-state index contributed by atoms with van der Waals surface area (Å²) in [4.78, 5) is 21.6. The fraction of sp³-hybridized carbons (Fsp3) is 0.833. The molecule has 21 heavy (non-hydrogen) atoms. The molecule has 0 atom stereocenters. The van der Waals surface area contributed by atoms with E-state index in [9.17, 15) is 18.0 Å². The summed E-state index contributed by atoms with van der Waals surface area (Å²) in [6, 6.07) is 0. The number of ether oxygens (including phenoxy) is 2. The Morgan fingerprint density at radius 3 is 2.43 bits per heavy atom. The Kier molecular flexibility index (Phi) is 7.06. The number of carboxylic acids is 1. The van der Waals surface area contributed by atoms with Gasteiger partial charge in [-0.2, -0.15) is 0 Å². The number of hydrogen-bond acceptors (Lipinski definition) is 6. The molecule has 1 N–H and O–H groups in total. The van der Waals surface area contributed by atoms with Gasteiger partial charge < -0.3 is 14.6 Å². The molecule has 0 aromatic heterocycles. The van der Waals surface area contributed by atoms with Gasteiger partial charge in [0.05, 0.1) is 24.9 Å². The van der Waals surface area contributed by atoms with Crippen LogP contribution in [0.2, 0.25) is 0 Å². The lowest BCUT2D eigenvalue weighted by atomic mass is 10.1. The Balaban J connectivity index is 2.38. The lowest BCUT2D eigenvalue weighted by Gasteiger charge is -2.30. The van der Waals surface area contributed by atoms with Crippen LogP contribution in [-0.4, -0.2) is 67.9 Å². The molecular weight excluding hydrogens is 302 g/mol. The van der Waals surface area contributed by atoms with E-state index in [1.165, 1.54) is 4.31 Å². The highest BCUT2D eigenvalue weighted by molar-refractivity contribution is 7.89. The van der Waals surface area contributed by atoms with Crippen LogP contribution in [0.1, 0.15) is 26.2 Å². The van der Waals surface area contributed by atoms with Gasteiger partial charge in [-0.25, -0.2) is 17.5 Å². The fourth-order valence-electron chi connectivity index (χ4n) is 2.04. The molecule has 0 spiro atoms. The molecule has 122 valence electrons. The Labute approximate surface area is 124 Å². The molecule has 8 nitrogen and oxygen atoms in total. The van der Waals surface area contributed by atoms with Gasteiger partial charge in [0.2, 0.25) is 10.0 Å². The Bertz CT molecular complexity index is 454. The molecule has 1 aliphatic heterocycles. The molecule has 1 saturated heterocycles. The molecule has 1 aliphatic rings. The number of carbonyl (C=O) groups excluding carboxylic acids is 1. The van der Waals surface area contributed by atoms with Crippen LogP contribution < -0.4 is 0 Å². The average Bonchev–Trinajstić information content (AvgIpc) is 2.44. The van der Waals surface area contributed by atoms with Gasteiger partial charge in [-0.3, -0.25) is 4.79 Å². The highest BCUT2D eigenvalue weighted by atomic mass is 32.2. The summed E-state index contributed by atoms with van der Waals surface area (Å²) in [5.41, 5.74) is 0. The smallest absolute Gasteiger partial charge is 0.329 e. The van der Waals surface area contributed by atoms with E-state index in [0.717, 1.165) is 0 Å². The summed E-state index contributed by atoms with van der Waals surface area (Å²) in [5, 5.41) is 8.52. The topological polar surface area (TPSA) is 110 Å². The Hall–Kier alpha value is -1.19. The molecule has 1 heterocycles. The van der Waals surface area contributed by atoms with Crippen LogP contribution in [-0.2, 0) is 29.1 Å².